The van der Waals surface area contributed by atoms with Gasteiger partial charge in [-0.15, -0.1) is 0 Å². The fourth-order valence-corrected chi connectivity index (χ4v) is 2.43. The maximum atomic E-state index is 11.8. The molecule has 5 heteroatoms. The van der Waals surface area contributed by atoms with Gasteiger partial charge in [-0.2, -0.15) is 0 Å². The third kappa shape index (κ3) is 4.93. The SMILES string of the molecule is CCOC(=O)CC(NC(=O)CN)c1ccc(-c2ccccc2)cc1. The van der Waals surface area contributed by atoms with E-state index in [9.17, 15) is 9.59 Å². The Labute approximate surface area is 141 Å². The standard InChI is InChI=1S/C19H22N2O3/c1-2-24-19(23)12-17(21-18(22)13-20)16-10-8-15(9-11-16)14-6-4-3-5-7-14/h3-11,17H,2,12-13,20H2,1H3,(H,21,22). The number of benzene rings is 2. The van der Waals surface area contributed by atoms with Gasteiger partial charge in [0.05, 0.1) is 25.6 Å². The van der Waals surface area contributed by atoms with Crippen molar-refractivity contribution in [3.8, 4) is 11.1 Å². The molecule has 0 spiro atoms. The van der Waals surface area contributed by atoms with Crippen molar-refractivity contribution in [2.45, 2.75) is 19.4 Å². The highest BCUT2D eigenvalue weighted by atomic mass is 16.5. The number of amides is 1. The molecule has 0 heterocycles. The molecule has 0 saturated heterocycles. The maximum Gasteiger partial charge on any atom is 0.308 e. The molecule has 0 aliphatic carbocycles. The van der Waals surface area contributed by atoms with Crippen molar-refractivity contribution >= 4 is 11.9 Å². The van der Waals surface area contributed by atoms with Crippen molar-refractivity contribution < 1.29 is 14.3 Å². The van der Waals surface area contributed by atoms with Crippen LogP contribution in [0.1, 0.15) is 24.9 Å². The zero-order valence-electron chi connectivity index (χ0n) is 13.7. The monoisotopic (exact) mass is 326 g/mol. The van der Waals surface area contributed by atoms with Gasteiger partial charge in [0, 0.05) is 0 Å². The number of hydrogen-bond acceptors (Lipinski definition) is 4. The maximum absolute atomic E-state index is 11.8. The van der Waals surface area contributed by atoms with E-state index in [2.05, 4.69) is 5.32 Å². The van der Waals surface area contributed by atoms with Crippen molar-refractivity contribution in [3.63, 3.8) is 0 Å². The third-order valence-corrected chi connectivity index (χ3v) is 3.62. The van der Waals surface area contributed by atoms with Crippen molar-refractivity contribution in [2.75, 3.05) is 13.2 Å². The van der Waals surface area contributed by atoms with Crippen molar-refractivity contribution in [1.82, 2.24) is 5.32 Å². The van der Waals surface area contributed by atoms with Gasteiger partial charge in [-0.3, -0.25) is 9.59 Å². The molecule has 0 bridgehead atoms. The van der Waals surface area contributed by atoms with Crippen molar-refractivity contribution in [3.05, 3.63) is 60.2 Å². The molecule has 0 radical (unpaired) electrons. The Kier molecular flexibility index (Phi) is 6.51. The van der Waals surface area contributed by atoms with Gasteiger partial charge in [-0.1, -0.05) is 54.6 Å². The first-order chi connectivity index (χ1) is 11.6. The summed E-state index contributed by atoms with van der Waals surface area (Å²) in [6, 6.07) is 17.3. The molecule has 2 rings (SSSR count). The van der Waals surface area contributed by atoms with Gasteiger partial charge in [0.25, 0.3) is 0 Å². The minimum atomic E-state index is -0.454. The number of esters is 1. The van der Waals surface area contributed by atoms with Gasteiger partial charge in [0.15, 0.2) is 0 Å². The number of nitrogens with one attached hydrogen (secondary N) is 1. The van der Waals surface area contributed by atoms with Gasteiger partial charge in [0.2, 0.25) is 5.91 Å². The van der Waals surface area contributed by atoms with Gasteiger partial charge in [0.1, 0.15) is 0 Å². The molecule has 1 unspecified atom stereocenters. The largest absolute Gasteiger partial charge is 0.466 e. The summed E-state index contributed by atoms with van der Waals surface area (Å²) in [5, 5.41) is 2.77. The van der Waals surface area contributed by atoms with Crippen LogP contribution in [0.2, 0.25) is 0 Å². The van der Waals surface area contributed by atoms with Crippen molar-refractivity contribution in [2.24, 2.45) is 5.73 Å². The average Bonchev–Trinajstić information content (AvgIpc) is 2.62. The lowest BCUT2D eigenvalue weighted by molar-refractivity contribution is -0.143. The highest BCUT2D eigenvalue weighted by Gasteiger charge is 2.18. The Morgan fingerprint density at radius 3 is 2.25 bits per heavy atom. The molecule has 0 aliphatic rings. The van der Waals surface area contributed by atoms with Crippen LogP contribution in [0.3, 0.4) is 0 Å². The van der Waals surface area contributed by atoms with Crippen LogP contribution in [0.4, 0.5) is 0 Å². The highest BCUT2D eigenvalue weighted by molar-refractivity contribution is 5.79. The molecule has 0 fully saturated rings. The van der Waals surface area contributed by atoms with Crippen LogP contribution < -0.4 is 11.1 Å². The van der Waals surface area contributed by atoms with E-state index in [4.69, 9.17) is 10.5 Å². The molecular formula is C19H22N2O3. The van der Waals surface area contributed by atoms with E-state index in [0.717, 1.165) is 16.7 Å². The minimum Gasteiger partial charge on any atom is -0.466 e. The summed E-state index contributed by atoms with van der Waals surface area (Å²) >= 11 is 0. The van der Waals surface area contributed by atoms with Gasteiger partial charge in [-0.05, 0) is 23.6 Å². The van der Waals surface area contributed by atoms with Crippen molar-refractivity contribution in [1.29, 1.82) is 0 Å². The smallest absolute Gasteiger partial charge is 0.308 e. The third-order valence-electron chi connectivity index (χ3n) is 3.62. The molecule has 24 heavy (non-hydrogen) atoms. The molecule has 126 valence electrons. The molecule has 0 aromatic heterocycles. The number of ether oxygens (including phenoxy) is 1. The lowest BCUT2D eigenvalue weighted by Gasteiger charge is -2.18. The molecule has 0 aliphatic heterocycles. The Hall–Kier alpha value is -2.66. The summed E-state index contributed by atoms with van der Waals surface area (Å²) < 4.78 is 4.98. The normalized spacial score (nSPS) is 11.6. The lowest BCUT2D eigenvalue weighted by atomic mass is 9.99. The quantitative estimate of drug-likeness (QED) is 0.766. The predicted molar refractivity (Wildman–Crippen MR) is 93.1 cm³/mol. The molecule has 0 saturated carbocycles. The van der Waals surface area contributed by atoms with Crippen LogP contribution in [-0.2, 0) is 14.3 Å². The van der Waals surface area contributed by atoms with E-state index in [1.54, 1.807) is 6.92 Å². The summed E-state index contributed by atoms with van der Waals surface area (Å²) in [6.07, 6.45) is 0.0737. The number of carbonyl (C=O) groups excluding carboxylic acids is 2. The second-order valence-corrected chi connectivity index (χ2v) is 5.32. The predicted octanol–water partition coefficient (Wildman–Crippen LogP) is 2.42. The number of rotatable bonds is 7. The first kappa shape index (κ1) is 17.7. The van der Waals surface area contributed by atoms with E-state index in [1.807, 2.05) is 54.6 Å². The highest BCUT2D eigenvalue weighted by Crippen LogP contribution is 2.23. The first-order valence-electron chi connectivity index (χ1n) is 7.94. The van der Waals surface area contributed by atoms with Gasteiger partial charge >= 0.3 is 5.97 Å². The second-order valence-electron chi connectivity index (χ2n) is 5.32. The zero-order chi connectivity index (χ0) is 17.4. The van der Waals surface area contributed by atoms with E-state index in [-0.39, 0.29) is 24.8 Å². The van der Waals surface area contributed by atoms with E-state index in [0.29, 0.717) is 6.61 Å². The minimum absolute atomic E-state index is 0.0737. The summed E-state index contributed by atoms with van der Waals surface area (Å²) in [4.78, 5) is 23.4. The Bertz CT molecular complexity index is 669. The number of carbonyl (C=O) groups is 2. The summed E-state index contributed by atoms with van der Waals surface area (Å²) in [6.45, 7) is 1.94. The van der Waals surface area contributed by atoms with Gasteiger partial charge < -0.3 is 15.8 Å². The van der Waals surface area contributed by atoms with E-state index < -0.39 is 6.04 Å². The lowest BCUT2D eigenvalue weighted by Crippen LogP contribution is -2.35. The summed E-state index contributed by atoms with van der Waals surface area (Å²) in [5.74, 6) is -0.664. The van der Waals surface area contributed by atoms with Crippen LogP contribution in [0, 0.1) is 0 Å². The molecule has 5 nitrogen and oxygen atoms in total. The molecule has 2 aromatic carbocycles. The Morgan fingerprint density at radius 2 is 1.67 bits per heavy atom. The number of nitrogens with two attached hydrogens (primary N) is 1. The van der Waals surface area contributed by atoms with Crippen LogP contribution in [0.25, 0.3) is 11.1 Å². The average molecular weight is 326 g/mol. The fourth-order valence-electron chi connectivity index (χ4n) is 2.43. The van der Waals surface area contributed by atoms with Crippen LogP contribution >= 0.6 is 0 Å². The van der Waals surface area contributed by atoms with E-state index >= 15 is 0 Å². The van der Waals surface area contributed by atoms with Gasteiger partial charge in [-0.25, -0.2) is 0 Å². The molecule has 2 aromatic rings. The fraction of sp³-hybridized carbons (Fsp3) is 0.263. The van der Waals surface area contributed by atoms with Crippen LogP contribution in [0.5, 0.6) is 0 Å². The molecule has 3 N–H and O–H groups in total. The Balaban J connectivity index is 2.18. The second kappa shape index (κ2) is 8.84. The molecule has 1 amide bonds. The zero-order valence-corrected chi connectivity index (χ0v) is 13.7. The summed E-state index contributed by atoms with van der Waals surface area (Å²) in [5.41, 5.74) is 8.37. The first-order valence-corrected chi connectivity index (χ1v) is 7.94. The topological polar surface area (TPSA) is 81.4 Å². The van der Waals surface area contributed by atoms with Crippen LogP contribution in [0.15, 0.2) is 54.6 Å². The molecule has 1 atom stereocenters. The van der Waals surface area contributed by atoms with E-state index in [1.165, 1.54) is 0 Å². The van der Waals surface area contributed by atoms with Crippen LogP contribution in [-0.4, -0.2) is 25.0 Å². The molecular weight excluding hydrogens is 304 g/mol. The Morgan fingerprint density at radius 1 is 1.04 bits per heavy atom. The summed E-state index contributed by atoms with van der Waals surface area (Å²) in [7, 11) is 0. The number of hydrogen-bond donors (Lipinski definition) is 2.